The Morgan fingerprint density at radius 2 is 1.00 bits per heavy atom. The fourth-order valence-corrected chi connectivity index (χ4v) is 9.04. The predicted octanol–water partition coefficient (Wildman–Crippen LogP) is 11.9. The first-order valence-corrected chi connectivity index (χ1v) is 17.3. The van der Waals surface area contributed by atoms with Crippen molar-refractivity contribution in [3.63, 3.8) is 0 Å². The Labute approximate surface area is 284 Å². The quantitative estimate of drug-likeness (QED) is 0.192. The van der Waals surface area contributed by atoms with Crippen LogP contribution >= 0.6 is 11.3 Å². The van der Waals surface area contributed by atoms with E-state index in [2.05, 4.69) is 167 Å². The van der Waals surface area contributed by atoms with Gasteiger partial charge in [-0.15, -0.1) is 11.3 Å². The predicted molar refractivity (Wildman–Crippen MR) is 207 cm³/mol. The van der Waals surface area contributed by atoms with Gasteiger partial charge >= 0.3 is 0 Å². The fourth-order valence-electron chi connectivity index (χ4n) is 7.75. The van der Waals surface area contributed by atoms with Crippen LogP contribution in [0.4, 0.5) is 0 Å². The molecule has 0 bridgehead atoms. The Morgan fingerprint density at radius 1 is 0.408 bits per heavy atom. The summed E-state index contributed by atoms with van der Waals surface area (Å²) in [5.74, 6) is 0.677. The minimum Gasteiger partial charge on any atom is -0.309 e. The van der Waals surface area contributed by atoms with E-state index in [4.69, 9.17) is 9.97 Å². The molecule has 0 aliphatic rings. The summed E-state index contributed by atoms with van der Waals surface area (Å²) in [5, 5.41) is 8.41. The second-order valence-corrected chi connectivity index (χ2v) is 13.6. The number of rotatable bonds is 3. The number of benzene rings is 7. The van der Waals surface area contributed by atoms with Crippen molar-refractivity contribution in [2.75, 3.05) is 0 Å². The van der Waals surface area contributed by atoms with Gasteiger partial charge in [0.05, 0.1) is 38.0 Å². The largest absolute Gasteiger partial charge is 0.309 e. The lowest BCUT2D eigenvalue weighted by Crippen LogP contribution is -2.02. The van der Waals surface area contributed by atoms with Crippen molar-refractivity contribution in [2.45, 2.75) is 0 Å². The van der Waals surface area contributed by atoms with Crippen LogP contribution in [-0.4, -0.2) is 19.1 Å². The smallest absolute Gasteiger partial charge is 0.235 e. The normalized spacial score (nSPS) is 12.1. The molecule has 0 radical (unpaired) electrons. The van der Waals surface area contributed by atoms with Crippen LogP contribution in [-0.2, 0) is 0 Å². The summed E-state index contributed by atoms with van der Waals surface area (Å²) in [7, 11) is 0. The Hall–Kier alpha value is -6.30. The Morgan fingerprint density at radius 3 is 1.73 bits per heavy atom. The molecule has 228 valence electrons. The molecule has 0 atom stereocenters. The van der Waals surface area contributed by atoms with E-state index in [9.17, 15) is 0 Å². The second-order valence-electron chi connectivity index (χ2n) is 12.6. The summed E-state index contributed by atoms with van der Waals surface area (Å²) >= 11 is 1.79. The van der Waals surface area contributed by atoms with E-state index in [1.54, 1.807) is 11.3 Å². The lowest BCUT2D eigenvalue weighted by molar-refractivity contribution is 1.02. The van der Waals surface area contributed by atoms with Crippen LogP contribution in [0.25, 0.3) is 97.6 Å². The summed E-state index contributed by atoms with van der Waals surface area (Å²) in [6.45, 7) is 0. The fraction of sp³-hybridized carbons (Fsp3) is 0. The highest BCUT2D eigenvalue weighted by atomic mass is 32.1. The van der Waals surface area contributed by atoms with Gasteiger partial charge in [-0.2, -0.15) is 0 Å². The van der Waals surface area contributed by atoms with E-state index in [1.807, 2.05) is 0 Å². The van der Waals surface area contributed by atoms with E-state index < -0.39 is 0 Å². The van der Waals surface area contributed by atoms with Gasteiger partial charge in [-0.25, -0.2) is 9.97 Å². The average Bonchev–Trinajstić information content (AvgIpc) is 3.82. The molecule has 0 aliphatic heterocycles. The number of aromatic nitrogens is 4. The van der Waals surface area contributed by atoms with Crippen LogP contribution in [0.1, 0.15) is 0 Å². The number of para-hydroxylation sites is 3. The van der Waals surface area contributed by atoms with E-state index in [1.165, 1.54) is 48.1 Å². The first-order chi connectivity index (χ1) is 24.3. The van der Waals surface area contributed by atoms with Gasteiger partial charge in [-0.3, -0.25) is 4.57 Å². The van der Waals surface area contributed by atoms with E-state index in [0.29, 0.717) is 5.95 Å². The highest BCUT2D eigenvalue weighted by Gasteiger charge is 2.22. The molecule has 0 unspecified atom stereocenters. The molecule has 4 heterocycles. The van der Waals surface area contributed by atoms with E-state index >= 15 is 0 Å². The number of nitrogens with zero attached hydrogens (tertiary/aromatic N) is 4. The molecule has 11 aromatic rings. The van der Waals surface area contributed by atoms with Crippen molar-refractivity contribution in [3.05, 3.63) is 158 Å². The summed E-state index contributed by atoms with van der Waals surface area (Å²) in [5.41, 5.74) is 8.72. The summed E-state index contributed by atoms with van der Waals surface area (Å²) in [6, 6.07) is 56.3. The van der Waals surface area contributed by atoms with Crippen LogP contribution in [0.2, 0.25) is 0 Å². The molecule has 5 heteroatoms. The topological polar surface area (TPSA) is 35.6 Å². The van der Waals surface area contributed by atoms with Crippen LogP contribution in [0.15, 0.2) is 158 Å². The third kappa shape index (κ3) is 3.79. The first-order valence-electron chi connectivity index (χ1n) is 16.5. The SMILES string of the molecule is c1ccc(-c2nc(-n3c4ccccc4c4cc5c(cc43)c3ccccc3n5-c3ccccc3)nc3c2sc2c4ccccc4ccc32)cc1. The maximum absolute atomic E-state index is 5.45. The lowest BCUT2D eigenvalue weighted by Gasteiger charge is -2.10. The highest BCUT2D eigenvalue weighted by Crippen LogP contribution is 2.43. The first kappa shape index (κ1) is 26.7. The number of fused-ring (bicyclic) bond motifs is 11. The van der Waals surface area contributed by atoms with Gasteiger partial charge in [-0.1, -0.05) is 121 Å². The number of hydrogen-bond donors (Lipinski definition) is 0. The van der Waals surface area contributed by atoms with Gasteiger partial charge in [0.25, 0.3) is 0 Å². The van der Waals surface area contributed by atoms with Gasteiger partial charge in [0, 0.05) is 42.9 Å². The van der Waals surface area contributed by atoms with Gasteiger partial charge in [-0.05, 0) is 47.2 Å². The molecule has 0 aliphatic carbocycles. The Kier molecular flexibility index (Phi) is 5.51. The van der Waals surface area contributed by atoms with Crippen molar-refractivity contribution in [1.29, 1.82) is 0 Å². The number of thiophene rings is 1. The Bertz CT molecular complexity index is 3100. The molecule has 0 saturated heterocycles. The summed E-state index contributed by atoms with van der Waals surface area (Å²) < 4.78 is 7.01. The van der Waals surface area contributed by atoms with Crippen molar-refractivity contribution >= 4 is 86.0 Å². The zero-order valence-electron chi connectivity index (χ0n) is 26.2. The molecule has 49 heavy (non-hydrogen) atoms. The van der Waals surface area contributed by atoms with E-state index in [-0.39, 0.29) is 0 Å². The molecule has 0 amide bonds. The van der Waals surface area contributed by atoms with Crippen LogP contribution in [0.5, 0.6) is 0 Å². The second kappa shape index (κ2) is 10.1. The van der Waals surface area contributed by atoms with E-state index in [0.717, 1.165) is 43.6 Å². The third-order valence-corrected chi connectivity index (χ3v) is 11.2. The molecular weight excluding hydrogens is 617 g/mol. The molecular formula is C44H26N4S. The van der Waals surface area contributed by atoms with Crippen molar-refractivity contribution < 1.29 is 0 Å². The lowest BCUT2D eigenvalue weighted by atomic mass is 10.1. The van der Waals surface area contributed by atoms with Crippen LogP contribution in [0, 0.1) is 0 Å². The standard InChI is InChI=1S/C44H26N4S/c1-3-14-28(15-4-1)40-43-41(33-24-23-27-13-7-8-18-30(27)42(33)49-43)46-44(45-40)48-37-22-12-10-20-32(37)35-25-38-34(26-39(35)48)31-19-9-11-21-36(31)47(38)29-16-5-2-6-17-29/h1-26H. The maximum Gasteiger partial charge on any atom is 0.235 e. The molecule has 0 saturated carbocycles. The number of hydrogen-bond acceptors (Lipinski definition) is 3. The zero-order chi connectivity index (χ0) is 32.1. The summed E-state index contributed by atoms with van der Waals surface area (Å²) in [4.78, 5) is 10.9. The third-order valence-electron chi connectivity index (χ3n) is 9.92. The molecule has 7 aromatic carbocycles. The molecule has 4 nitrogen and oxygen atoms in total. The van der Waals surface area contributed by atoms with Crippen LogP contribution in [0.3, 0.4) is 0 Å². The average molecular weight is 643 g/mol. The maximum atomic E-state index is 5.45. The van der Waals surface area contributed by atoms with Gasteiger partial charge in [0.1, 0.15) is 0 Å². The minimum atomic E-state index is 0.677. The van der Waals surface area contributed by atoms with Gasteiger partial charge < -0.3 is 4.57 Å². The summed E-state index contributed by atoms with van der Waals surface area (Å²) in [6.07, 6.45) is 0. The minimum absolute atomic E-state index is 0.677. The molecule has 0 spiro atoms. The molecule has 0 N–H and O–H groups in total. The monoisotopic (exact) mass is 642 g/mol. The zero-order valence-corrected chi connectivity index (χ0v) is 27.0. The van der Waals surface area contributed by atoms with Gasteiger partial charge in [0.15, 0.2) is 0 Å². The molecule has 11 rings (SSSR count). The molecule has 0 fully saturated rings. The Balaban J connectivity index is 1.29. The van der Waals surface area contributed by atoms with Crippen molar-refractivity contribution in [2.24, 2.45) is 0 Å². The van der Waals surface area contributed by atoms with Gasteiger partial charge in [0.2, 0.25) is 5.95 Å². The van der Waals surface area contributed by atoms with Crippen molar-refractivity contribution in [1.82, 2.24) is 19.1 Å². The van der Waals surface area contributed by atoms with Crippen LogP contribution < -0.4 is 0 Å². The van der Waals surface area contributed by atoms with Crippen molar-refractivity contribution in [3.8, 4) is 22.9 Å². The molecule has 4 aromatic heterocycles. The highest BCUT2D eigenvalue weighted by molar-refractivity contribution is 7.27.